The van der Waals surface area contributed by atoms with Crippen molar-refractivity contribution in [3.63, 3.8) is 0 Å². The topological polar surface area (TPSA) is 60.7 Å². The average Bonchev–Trinajstić information content (AvgIpc) is 2.48. The number of nitriles is 1. The van der Waals surface area contributed by atoms with Crippen molar-refractivity contribution < 1.29 is 0 Å². The summed E-state index contributed by atoms with van der Waals surface area (Å²) in [5, 5.41) is 15.9. The van der Waals surface area contributed by atoms with Crippen LogP contribution in [0.4, 0.5) is 17.1 Å². The minimum Gasteiger partial charge on any atom is -0.384 e. The quantitative estimate of drug-likeness (QED) is 0.866. The Hall–Kier alpha value is -2.25. The summed E-state index contributed by atoms with van der Waals surface area (Å²) >= 11 is 6.12. The van der Waals surface area contributed by atoms with Crippen molar-refractivity contribution in [2.24, 2.45) is 0 Å². The van der Waals surface area contributed by atoms with Gasteiger partial charge in [-0.25, -0.2) is 0 Å². The lowest BCUT2D eigenvalue weighted by molar-refractivity contribution is 0.978. The van der Waals surface area contributed by atoms with E-state index in [4.69, 9.17) is 16.9 Å². The van der Waals surface area contributed by atoms with Crippen molar-refractivity contribution in [3.05, 3.63) is 47.2 Å². The molecule has 1 aromatic heterocycles. The summed E-state index contributed by atoms with van der Waals surface area (Å²) in [7, 11) is 0. The average molecular weight is 287 g/mol. The molecule has 0 bridgehead atoms. The summed E-state index contributed by atoms with van der Waals surface area (Å²) in [6.45, 7) is 3.01. The molecule has 102 valence electrons. The zero-order chi connectivity index (χ0) is 14.4. The minimum atomic E-state index is 0.560. The summed E-state index contributed by atoms with van der Waals surface area (Å²) in [6, 6.07) is 9.16. The Bertz CT molecular complexity index is 634. The second kappa shape index (κ2) is 6.78. The van der Waals surface area contributed by atoms with E-state index in [1.807, 2.05) is 6.07 Å². The van der Waals surface area contributed by atoms with Crippen LogP contribution >= 0.6 is 11.6 Å². The van der Waals surface area contributed by atoms with Crippen molar-refractivity contribution in [1.82, 2.24) is 4.98 Å². The van der Waals surface area contributed by atoms with E-state index in [0.29, 0.717) is 16.3 Å². The van der Waals surface area contributed by atoms with Gasteiger partial charge in [0, 0.05) is 6.54 Å². The van der Waals surface area contributed by atoms with E-state index in [1.165, 1.54) is 0 Å². The molecule has 2 N–H and O–H groups in total. The van der Waals surface area contributed by atoms with Gasteiger partial charge in [-0.2, -0.15) is 5.26 Å². The fourth-order valence-electron chi connectivity index (χ4n) is 1.72. The van der Waals surface area contributed by atoms with Gasteiger partial charge in [0.2, 0.25) is 0 Å². The van der Waals surface area contributed by atoms with Crippen LogP contribution in [-0.4, -0.2) is 11.5 Å². The molecule has 20 heavy (non-hydrogen) atoms. The van der Waals surface area contributed by atoms with Crippen LogP contribution in [0.15, 0.2) is 36.7 Å². The zero-order valence-electron chi connectivity index (χ0n) is 11.2. The van der Waals surface area contributed by atoms with Crippen molar-refractivity contribution >= 4 is 28.7 Å². The summed E-state index contributed by atoms with van der Waals surface area (Å²) in [6.07, 6.45) is 4.54. The molecule has 0 saturated carbocycles. The maximum atomic E-state index is 8.92. The number of pyridine rings is 1. The Morgan fingerprint density at radius 1 is 1.25 bits per heavy atom. The molecule has 0 spiro atoms. The van der Waals surface area contributed by atoms with Gasteiger partial charge in [0.05, 0.1) is 46.1 Å². The summed E-state index contributed by atoms with van der Waals surface area (Å²) in [5.41, 5.74) is 3.03. The van der Waals surface area contributed by atoms with Gasteiger partial charge in [0.1, 0.15) is 0 Å². The SMILES string of the molecule is CCCNc1cncc(Nc2cc(C#N)ccc2Cl)c1. The van der Waals surface area contributed by atoms with Gasteiger partial charge in [-0.05, 0) is 30.7 Å². The number of benzene rings is 1. The van der Waals surface area contributed by atoms with Crippen LogP contribution in [0.25, 0.3) is 0 Å². The lowest BCUT2D eigenvalue weighted by Crippen LogP contribution is -2.01. The fraction of sp³-hybridized carbons (Fsp3) is 0.200. The third kappa shape index (κ3) is 3.62. The number of nitrogens with one attached hydrogen (secondary N) is 2. The van der Waals surface area contributed by atoms with E-state index in [1.54, 1.807) is 30.6 Å². The Kier molecular flexibility index (Phi) is 4.80. The first kappa shape index (κ1) is 14.2. The molecule has 2 aromatic rings. The number of hydrogen-bond donors (Lipinski definition) is 2. The monoisotopic (exact) mass is 286 g/mol. The molecule has 0 atom stereocenters. The molecule has 0 aliphatic carbocycles. The molecule has 0 aliphatic heterocycles. The number of anilines is 3. The van der Waals surface area contributed by atoms with E-state index in [2.05, 4.69) is 28.6 Å². The molecule has 0 radical (unpaired) electrons. The highest BCUT2D eigenvalue weighted by molar-refractivity contribution is 6.33. The second-order valence-corrected chi connectivity index (χ2v) is 4.73. The third-order valence-electron chi connectivity index (χ3n) is 2.69. The molecule has 0 amide bonds. The number of hydrogen-bond acceptors (Lipinski definition) is 4. The number of aromatic nitrogens is 1. The smallest absolute Gasteiger partial charge is 0.0992 e. The summed E-state index contributed by atoms with van der Waals surface area (Å²) < 4.78 is 0. The predicted octanol–water partition coefficient (Wildman–Crippen LogP) is 4.17. The molecule has 0 fully saturated rings. The second-order valence-electron chi connectivity index (χ2n) is 4.32. The van der Waals surface area contributed by atoms with Crippen molar-refractivity contribution in [1.29, 1.82) is 5.26 Å². The van der Waals surface area contributed by atoms with Gasteiger partial charge < -0.3 is 10.6 Å². The van der Waals surface area contributed by atoms with Crippen LogP contribution in [0.1, 0.15) is 18.9 Å². The molecule has 1 heterocycles. The van der Waals surface area contributed by atoms with Gasteiger partial charge in [-0.3, -0.25) is 4.98 Å². The molecule has 2 rings (SSSR count). The molecule has 1 aromatic carbocycles. The largest absolute Gasteiger partial charge is 0.384 e. The summed E-state index contributed by atoms with van der Waals surface area (Å²) in [4.78, 5) is 4.17. The van der Waals surface area contributed by atoms with Crippen LogP contribution in [-0.2, 0) is 0 Å². The first-order valence-corrected chi connectivity index (χ1v) is 6.76. The van der Waals surface area contributed by atoms with Gasteiger partial charge in [-0.1, -0.05) is 18.5 Å². The highest BCUT2D eigenvalue weighted by Gasteiger charge is 2.03. The maximum Gasteiger partial charge on any atom is 0.0992 e. The van der Waals surface area contributed by atoms with Crippen molar-refractivity contribution in [2.45, 2.75) is 13.3 Å². The lowest BCUT2D eigenvalue weighted by Gasteiger charge is -2.10. The van der Waals surface area contributed by atoms with E-state index >= 15 is 0 Å². The number of nitrogens with zero attached hydrogens (tertiary/aromatic N) is 2. The van der Waals surface area contributed by atoms with E-state index in [0.717, 1.165) is 24.3 Å². The molecule has 0 saturated heterocycles. The predicted molar refractivity (Wildman–Crippen MR) is 82.5 cm³/mol. The van der Waals surface area contributed by atoms with Crippen LogP contribution in [0.2, 0.25) is 5.02 Å². The third-order valence-corrected chi connectivity index (χ3v) is 3.02. The first-order valence-electron chi connectivity index (χ1n) is 6.38. The molecule has 0 unspecified atom stereocenters. The highest BCUT2D eigenvalue weighted by Crippen LogP contribution is 2.27. The zero-order valence-corrected chi connectivity index (χ0v) is 11.9. The Morgan fingerprint density at radius 2 is 2.05 bits per heavy atom. The van der Waals surface area contributed by atoms with Gasteiger partial charge in [-0.15, -0.1) is 0 Å². The standard InChI is InChI=1S/C15H15ClN4/c1-2-5-19-12-7-13(10-18-9-12)20-15-6-11(8-17)3-4-14(15)16/h3-4,6-7,9-10,19-20H,2,5H2,1H3. The van der Waals surface area contributed by atoms with Gasteiger partial charge in [0.15, 0.2) is 0 Å². The lowest BCUT2D eigenvalue weighted by atomic mass is 10.2. The minimum absolute atomic E-state index is 0.560. The first-order chi connectivity index (χ1) is 9.72. The van der Waals surface area contributed by atoms with Crippen LogP contribution in [0.3, 0.4) is 0 Å². The Labute approximate surface area is 123 Å². The van der Waals surface area contributed by atoms with E-state index < -0.39 is 0 Å². The molecule has 4 nitrogen and oxygen atoms in total. The molecule has 5 heteroatoms. The van der Waals surface area contributed by atoms with Crippen molar-refractivity contribution in [2.75, 3.05) is 17.2 Å². The van der Waals surface area contributed by atoms with Crippen LogP contribution in [0, 0.1) is 11.3 Å². The van der Waals surface area contributed by atoms with Crippen LogP contribution < -0.4 is 10.6 Å². The van der Waals surface area contributed by atoms with E-state index in [-0.39, 0.29) is 0 Å². The van der Waals surface area contributed by atoms with Gasteiger partial charge in [0.25, 0.3) is 0 Å². The highest BCUT2D eigenvalue weighted by atomic mass is 35.5. The number of halogens is 1. The van der Waals surface area contributed by atoms with Crippen LogP contribution in [0.5, 0.6) is 0 Å². The molecular weight excluding hydrogens is 272 g/mol. The Morgan fingerprint density at radius 3 is 2.80 bits per heavy atom. The molecular formula is C15H15ClN4. The Balaban J connectivity index is 2.19. The fourth-order valence-corrected chi connectivity index (χ4v) is 1.89. The molecule has 0 aliphatic rings. The van der Waals surface area contributed by atoms with Crippen molar-refractivity contribution in [3.8, 4) is 6.07 Å². The number of rotatable bonds is 5. The van der Waals surface area contributed by atoms with Gasteiger partial charge >= 0.3 is 0 Å². The normalized spacial score (nSPS) is 9.85. The summed E-state index contributed by atoms with van der Waals surface area (Å²) in [5.74, 6) is 0. The maximum absolute atomic E-state index is 8.92. The van der Waals surface area contributed by atoms with E-state index in [9.17, 15) is 0 Å².